The molecule has 158 valence electrons. The zero-order valence-corrected chi connectivity index (χ0v) is 21.4. The zero-order valence-electron chi connectivity index (χ0n) is 18.2. The number of halogens is 1. The molecular formula is C25H35IO2Si. The fourth-order valence-corrected chi connectivity index (χ4v) is 9.87. The van der Waals surface area contributed by atoms with Crippen LogP contribution in [0.15, 0.2) is 60.7 Å². The predicted octanol–water partition coefficient (Wildman–Crippen LogP) is 5.57. The average Bonchev–Trinajstić information content (AvgIpc) is 2.73. The Morgan fingerprint density at radius 2 is 1.52 bits per heavy atom. The Bertz CT molecular complexity index is 705. The summed E-state index contributed by atoms with van der Waals surface area (Å²) in [6, 6.07) is 21.8. The van der Waals surface area contributed by atoms with Crippen molar-refractivity contribution >= 4 is 41.3 Å². The number of benzene rings is 2. The summed E-state index contributed by atoms with van der Waals surface area (Å²) in [5.74, 6) is 0.608. The van der Waals surface area contributed by atoms with Crippen molar-refractivity contribution in [2.24, 2.45) is 5.92 Å². The van der Waals surface area contributed by atoms with Crippen molar-refractivity contribution < 1.29 is 9.16 Å². The summed E-state index contributed by atoms with van der Waals surface area (Å²) < 4.78 is 14.5. The molecule has 3 rings (SSSR count). The monoisotopic (exact) mass is 522 g/mol. The fourth-order valence-electron chi connectivity index (χ4n) is 4.64. The van der Waals surface area contributed by atoms with Crippen LogP contribution in [-0.4, -0.2) is 31.6 Å². The molecule has 2 nitrogen and oxygen atoms in total. The molecule has 0 bridgehead atoms. The molecule has 2 aromatic carbocycles. The van der Waals surface area contributed by atoms with Crippen molar-refractivity contribution in [3.63, 3.8) is 0 Å². The minimum atomic E-state index is -2.44. The van der Waals surface area contributed by atoms with Crippen LogP contribution in [0.3, 0.4) is 0 Å². The van der Waals surface area contributed by atoms with Gasteiger partial charge < -0.3 is 9.16 Å². The Morgan fingerprint density at radius 1 is 0.966 bits per heavy atom. The number of hydrogen-bond acceptors (Lipinski definition) is 2. The van der Waals surface area contributed by atoms with Gasteiger partial charge in [-0.1, -0.05) is 111 Å². The molecule has 1 fully saturated rings. The van der Waals surface area contributed by atoms with E-state index >= 15 is 0 Å². The van der Waals surface area contributed by atoms with Crippen LogP contribution in [0.2, 0.25) is 5.04 Å². The highest BCUT2D eigenvalue weighted by atomic mass is 127. The molecule has 0 unspecified atom stereocenters. The van der Waals surface area contributed by atoms with Gasteiger partial charge in [0, 0.05) is 11.0 Å². The number of alkyl halides is 1. The maximum Gasteiger partial charge on any atom is 0.261 e. The molecule has 0 aliphatic carbocycles. The molecular weight excluding hydrogens is 487 g/mol. The first-order chi connectivity index (χ1) is 13.9. The van der Waals surface area contributed by atoms with Crippen molar-refractivity contribution in [3.8, 4) is 0 Å². The minimum absolute atomic E-state index is 0.0273. The highest BCUT2D eigenvalue weighted by Gasteiger charge is 2.50. The Hall–Kier alpha value is -0.693. The molecule has 0 amide bonds. The SMILES string of the molecule is C[C@H]1CC[C@@H](CI)O[C@H]1CCO[Si](c1ccccc1)(c1ccccc1)C(C)(C)C. The molecule has 0 saturated carbocycles. The third-order valence-corrected chi connectivity index (χ3v) is 12.3. The molecule has 29 heavy (non-hydrogen) atoms. The van der Waals surface area contributed by atoms with E-state index in [0.717, 1.165) is 17.5 Å². The van der Waals surface area contributed by atoms with Crippen molar-refractivity contribution in [2.75, 3.05) is 11.0 Å². The third-order valence-electron chi connectivity index (χ3n) is 6.26. The van der Waals surface area contributed by atoms with Gasteiger partial charge in [0.25, 0.3) is 8.32 Å². The van der Waals surface area contributed by atoms with Gasteiger partial charge in [0.2, 0.25) is 0 Å². The summed E-state index contributed by atoms with van der Waals surface area (Å²) in [5.41, 5.74) is 0. The van der Waals surface area contributed by atoms with Crippen LogP contribution in [0, 0.1) is 5.92 Å². The van der Waals surface area contributed by atoms with Gasteiger partial charge in [0.15, 0.2) is 0 Å². The van der Waals surface area contributed by atoms with Crippen LogP contribution in [-0.2, 0) is 9.16 Å². The van der Waals surface area contributed by atoms with Gasteiger partial charge >= 0.3 is 0 Å². The highest BCUT2D eigenvalue weighted by molar-refractivity contribution is 14.1. The molecule has 1 heterocycles. The van der Waals surface area contributed by atoms with Crippen molar-refractivity contribution in [3.05, 3.63) is 60.7 Å². The Labute approximate surface area is 191 Å². The summed E-state index contributed by atoms with van der Waals surface area (Å²) in [7, 11) is -2.44. The minimum Gasteiger partial charge on any atom is -0.407 e. The molecule has 0 aromatic heterocycles. The van der Waals surface area contributed by atoms with Gasteiger partial charge in [0.05, 0.1) is 12.2 Å². The Balaban J connectivity index is 1.88. The molecule has 1 saturated heterocycles. The lowest BCUT2D eigenvalue weighted by Crippen LogP contribution is -2.66. The Kier molecular flexibility index (Phi) is 7.98. The van der Waals surface area contributed by atoms with Gasteiger partial charge in [-0.25, -0.2) is 0 Å². The van der Waals surface area contributed by atoms with E-state index in [9.17, 15) is 0 Å². The van der Waals surface area contributed by atoms with Crippen LogP contribution in [0.5, 0.6) is 0 Å². The van der Waals surface area contributed by atoms with Crippen LogP contribution in [0.1, 0.15) is 47.0 Å². The summed E-state index contributed by atoms with van der Waals surface area (Å²) in [6.07, 6.45) is 4.14. The van der Waals surface area contributed by atoms with Gasteiger partial charge in [-0.15, -0.1) is 0 Å². The normalized spacial score (nSPS) is 23.1. The molecule has 0 N–H and O–H groups in total. The first-order valence-corrected chi connectivity index (χ1v) is 14.3. The van der Waals surface area contributed by atoms with Gasteiger partial charge in [0.1, 0.15) is 0 Å². The fraction of sp³-hybridized carbons (Fsp3) is 0.520. The molecule has 3 atom stereocenters. The lowest BCUT2D eigenvalue weighted by Gasteiger charge is -2.43. The number of rotatable bonds is 7. The molecule has 1 aliphatic heterocycles. The third kappa shape index (κ3) is 5.14. The summed E-state index contributed by atoms with van der Waals surface area (Å²) in [4.78, 5) is 0. The van der Waals surface area contributed by atoms with E-state index in [2.05, 4.69) is 111 Å². The summed E-state index contributed by atoms with van der Waals surface area (Å²) in [6.45, 7) is 10.1. The van der Waals surface area contributed by atoms with E-state index < -0.39 is 8.32 Å². The average molecular weight is 523 g/mol. The van der Waals surface area contributed by atoms with Crippen LogP contribution < -0.4 is 10.4 Å². The standard InChI is InChI=1S/C25H35IO2Si/c1-20-15-16-21(19-26)28-24(20)17-18-27-29(25(2,3)4,22-11-7-5-8-12-22)23-13-9-6-10-14-23/h5-14,20-21,24H,15-19H2,1-4H3/t20-,21-,24-/m0/s1. The summed E-state index contributed by atoms with van der Waals surface area (Å²) in [5, 5.41) is 2.72. The molecule has 4 heteroatoms. The zero-order chi connectivity index (χ0) is 20.9. The van der Waals surface area contributed by atoms with E-state index in [1.165, 1.54) is 23.2 Å². The number of ether oxygens (including phenoxy) is 1. The van der Waals surface area contributed by atoms with E-state index in [4.69, 9.17) is 9.16 Å². The maximum absolute atomic E-state index is 7.04. The molecule has 0 spiro atoms. The Morgan fingerprint density at radius 3 is 2.00 bits per heavy atom. The largest absolute Gasteiger partial charge is 0.407 e. The lowest BCUT2D eigenvalue weighted by atomic mass is 9.92. The van der Waals surface area contributed by atoms with Crippen LogP contribution in [0.4, 0.5) is 0 Å². The highest BCUT2D eigenvalue weighted by Crippen LogP contribution is 2.37. The van der Waals surface area contributed by atoms with Gasteiger partial charge in [-0.2, -0.15) is 0 Å². The number of hydrogen-bond donors (Lipinski definition) is 0. The van der Waals surface area contributed by atoms with Crippen molar-refractivity contribution in [1.29, 1.82) is 0 Å². The van der Waals surface area contributed by atoms with E-state index in [-0.39, 0.29) is 5.04 Å². The van der Waals surface area contributed by atoms with E-state index in [1.807, 2.05) is 0 Å². The van der Waals surface area contributed by atoms with E-state index in [0.29, 0.717) is 18.1 Å². The second-order valence-corrected chi connectivity index (χ2v) is 14.5. The molecule has 2 aromatic rings. The van der Waals surface area contributed by atoms with Crippen molar-refractivity contribution in [1.82, 2.24) is 0 Å². The van der Waals surface area contributed by atoms with Gasteiger partial charge in [-0.05, 0) is 40.6 Å². The quantitative estimate of drug-likeness (QED) is 0.269. The second-order valence-electron chi connectivity index (χ2n) is 9.31. The maximum atomic E-state index is 7.04. The second kappa shape index (κ2) is 10.1. The van der Waals surface area contributed by atoms with Crippen molar-refractivity contribution in [2.45, 2.75) is 64.2 Å². The van der Waals surface area contributed by atoms with E-state index in [1.54, 1.807) is 0 Å². The van der Waals surface area contributed by atoms with Crippen LogP contribution >= 0.6 is 22.6 Å². The predicted molar refractivity (Wildman–Crippen MR) is 134 cm³/mol. The van der Waals surface area contributed by atoms with Gasteiger partial charge in [-0.3, -0.25) is 0 Å². The first-order valence-electron chi connectivity index (χ1n) is 10.8. The lowest BCUT2D eigenvalue weighted by molar-refractivity contribution is -0.0742. The van der Waals surface area contributed by atoms with Crippen LogP contribution in [0.25, 0.3) is 0 Å². The summed E-state index contributed by atoms with van der Waals surface area (Å²) >= 11 is 2.45. The first kappa shape index (κ1) is 23.0. The molecule has 1 aliphatic rings. The topological polar surface area (TPSA) is 18.5 Å². The molecule has 0 radical (unpaired) electrons. The smallest absolute Gasteiger partial charge is 0.261 e.